The highest BCUT2D eigenvalue weighted by Crippen LogP contribution is 2.42. The van der Waals surface area contributed by atoms with Gasteiger partial charge < -0.3 is 10.3 Å². The number of allylic oxidation sites excluding steroid dienone is 1. The topological polar surface area (TPSA) is 43.8 Å². The van der Waals surface area contributed by atoms with Gasteiger partial charge in [-0.1, -0.05) is 17.7 Å². The van der Waals surface area contributed by atoms with E-state index in [1.54, 1.807) is 12.1 Å². The first-order valence-corrected chi connectivity index (χ1v) is 6.91. The number of anilines is 1. The minimum Gasteiger partial charge on any atom is -0.383 e. The van der Waals surface area contributed by atoms with Gasteiger partial charge in [-0.05, 0) is 31.0 Å². The fourth-order valence-electron chi connectivity index (χ4n) is 2.36. The summed E-state index contributed by atoms with van der Waals surface area (Å²) in [5.74, 6) is 1.56. The molecule has 0 radical (unpaired) electrons. The Bertz CT molecular complexity index is 654. The first kappa shape index (κ1) is 13.2. The van der Waals surface area contributed by atoms with Crippen molar-refractivity contribution < 1.29 is 4.39 Å². The Morgan fingerprint density at radius 3 is 2.80 bits per heavy atom. The van der Waals surface area contributed by atoms with E-state index in [9.17, 15) is 4.39 Å². The Morgan fingerprint density at radius 1 is 1.45 bits per heavy atom. The first-order valence-electron chi connectivity index (χ1n) is 6.53. The summed E-state index contributed by atoms with van der Waals surface area (Å²) in [6.45, 7) is 4.35. The maximum absolute atomic E-state index is 13.5. The third kappa shape index (κ3) is 2.31. The Balaban J connectivity index is 2.13. The molecule has 2 aromatic rings. The summed E-state index contributed by atoms with van der Waals surface area (Å²) in [5, 5.41) is 0.339. The number of nitrogen functional groups attached to an aromatic ring is 1. The van der Waals surface area contributed by atoms with Crippen LogP contribution >= 0.6 is 11.6 Å². The van der Waals surface area contributed by atoms with E-state index in [4.69, 9.17) is 17.3 Å². The summed E-state index contributed by atoms with van der Waals surface area (Å²) in [6, 6.07) is 4.35. The predicted octanol–water partition coefficient (Wildman–Crippen LogP) is 3.99. The summed E-state index contributed by atoms with van der Waals surface area (Å²) in [6.07, 6.45) is 4.03. The average Bonchev–Trinajstić information content (AvgIpc) is 3.16. The Kier molecular flexibility index (Phi) is 3.26. The molecule has 20 heavy (non-hydrogen) atoms. The summed E-state index contributed by atoms with van der Waals surface area (Å²) >= 11 is 5.90. The van der Waals surface area contributed by atoms with Crippen LogP contribution in [0.4, 0.5) is 10.2 Å². The lowest BCUT2D eigenvalue weighted by molar-refractivity contribution is 0.628. The van der Waals surface area contributed by atoms with Gasteiger partial charge >= 0.3 is 0 Å². The van der Waals surface area contributed by atoms with E-state index in [-0.39, 0.29) is 0 Å². The highest BCUT2D eigenvalue weighted by molar-refractivity contribution is 6.30. The van der Waals surface area contributed by atoms with Gasteiger partial charge in [-0.2, -0.15) is 0 Å². The van der Waals surface area contributed by atoms with Crippen LogP contribution < -0.4 is 5.73 Å². The van der Waals surface area contributed by atoms with Gasteiger partial charge in [0, 0.05) is 23.0 Å². The minimum absolute atomic E-state index is 0.339. The number of rotatable bonds is 4. The van der Waals surface area contributed by atoms with Crippen LogP contribution in [0, 0.1) is 5.82 Å². The van der Waals surface area contributed by atoms with Crippen molar-refractivity contribution in [3.05, 3.63) is 47.5 Å². The molecule has 1 saturated carbocycles. The Labute approximate surface area is 121 Å². The molecule has 0 unspecified atom stereocenters. The molecule has 1 aliphatic carbocycles. The number of hydrogen-bond donors (Lipinski definition) is 1. The molecule has 3 rings (SSSR count). The molecule has 0 bridgehead atoms. The summed E-state index contributed by atoms with van der Waals surface area (Å²) in [4.78, 5) is 4.61. The van der Waals surface area contributed by atoms with Crippen molar-refractivity contribution in [2.24, 2.45) is 0 Å². The van der Waals surface area contributed by atoms with Crippen molar-refractivity contribution in [1.29, 1.82) is 0 Å². The van der Waals surface area contributed by atoms with E-state index in [0.717, 1.165) is 18.7 Å². The van der Waals surface area contributed by atoms with E-state index in [2.05, 4.69) is 11.6 Å². The zero-order chi connectivity index (χ0) is 14.3. The van der Waals surface area contributed by atoms with Crippen LogP contribution in [-0.4, -0.2) is 9.55 Å². The molecule has 2 N–H and O–H groups in total. The number of nitrogens with two attached hydrogens (primary N) is 1. The Hall–Kier alpha value is -1.81. The molecule has 104 valence electrons. The second kappa shape index (κ2) is 4.94. The van der Waals surface area contributed by atoms with Gasteiger partial charge in [0.2, 0.25) is 0 Å². The second-order valence-corrected chi connectivity index (χ2v) is 5.47. The maximum atomic E-state index is 13.5. The standard InChI is InChI=1S/C15H15ClFN3/c1-2-5-20-14(18)13(19-15(20)9-3-4-9)10-6-11(16)8-12(17)7-10/h2,6-9H,1,3-5,18H2. The zero-order valence-electron chi connectivity index (χ0n) is 10.9. The van der Waals surface area contributed by atoms with Crippen LogP contribution in [0.15, 0.2) is 30.9 Å². The highest BCUT2D eigenvalue weighted by Gasteiger charge is 2.30. The van der Waals surface area contributed by atoms with Crippen molar-refractivity contribution >= 4 is 17.4 Å². The van der Waals surface area contributed by atoms with E-state index in [1.165, 1.54) is 12.1 Å². The third-order valence-electron chi connectivity index (χ3n) is 3.43. The summed E-state index contributed by atoms with van der Waals surface area (Å²) < 4.78 is 15.4. The number of imidazole rings is 1. The number of hydrogen-bond acceptors (Lipinski definition) is 2. The number of benzene rings is 1. The molecule has 3 nitrogen and oxygen atoms in total. The molecule has 1 aromatic heterocycles. The third-order valence-corrected chi connectivity index (χ3v) is 3.64. The molecule has 0 atom stereocenters. The van der Waals surface area contributed by atoms with Crippen molar-refractivity contribution in [2.45, 2.75) is 25.3 Å². The van der Waals surface area contributed by atoms with Crippen LogP contribution in [0.5, 0.6) is 0 Å². The van der Waals surface area contributed by atoms with Crippen LogP contribution in [0.2, 0.25) is 5.02 Å². The van der Waals surface area contributed by atoms with E-state index < -0.39 is 5.82 Å². The minimum atomic E-state index is -0.391. The average molecular weight is 292 g/mol. The lowest BCUT2D eigenvalue weighted by Gasteiger charge is -2.06. The molecule has 1 heterocycles. The lowest BCUT2D eigenvalue weighted by atomic mass is 10.1. The molecule has 0 saturated heterocycles. The van der Waals surface area contributed by atoms with Crippen molar-refractivity contribution in [1.82, 2.24) is 9.55 Å². The molecular weight excluding hydrogens is 277 g/mol. The van der Waals surface area contributed by atoms with Gasteiger partial charge in [0.1, 0.15) is 23.2 Å². The molecule has 1 aromatic carbocycles. The smallest absolute Gasteiger partial charge is 0.132 e. The number of halogens is 2. The normalized spacial score (nSPS) is 14.5. The fourth-order valence-corrected chi connectivity index (χ4v) is 2.58. The second-order valence-electron chi connectivity index (χ2n) is 5.04. The van der Waals surface area contributed by atoms with Crippen LogP contribution in [-0.2, 0) is 6.54 Å². The van der Waals surface area contributed by atoms with Gasteiger partial charge in [-0.15, -0.1) is 6.58 Å². The largest absolute Gasteiger partial charge is 0.383 e. The molecule has 0 amide bonds. The van der Waals surface area contributed by atoms with E-state index >= 15 is 0 Å². The maximum Gasteiger partial charge on any atom is 0.132 e. The zero-order valence-corrected chi connectivity index (χ0v) is 11.7. The first-order chi connectivity index (χ1) is 9.60. The molecule has 1 aliphatic rings. The Morgan fingerprint density at radius 2 is 2.20 bits per heavy atom. The number of nitrogens with zero attached hydrogens (tertiary/aromatic N) is 2. The van der Waals surface area contributed by atoms with Crippen molar-refractivity contribution in [3.8, 4) is 11.3 Å². The van der Waals surface area contributed by atoms with Gasteiger partial charge in [0.15, 0.2) is 0 Å². The molecule has 0 spiro atoms. The fraction of sp³-hybridized carbons (Fsp3) is 0.267. The predicted molar refractivity (Wildman–Crippen MR) is 79.2 cm³/mol. The van der Waals surface area contributed by atoms with Gasteiger partial charge in [-0.3, -0.25) is 0 Å². The molecular formula is C15H15ClFN3. The van der Waals surface area contributed by atoms with Crippen LogP contribution in [0.1, 0.15) is 24.6 Å². The van der Waals surface area contributed by atoms with Crippen molar-refractivity contribution in [3.63, 3.8) is 0 Å². The van der Waals surface area contributed by atoms with Gasteiger partial charge in [0.05, 0.1) is 0 Å². The van der Waals surface area contributed by atoms with Gasteiger partial charge in [0.25, 0.3) is 0 Å². The molecule has 5 heteroatoms. The van der Waals surface area contributed by atoms with E-state index in [1.807, 2.05) is 4.57 Å². The van der Waals surface area contributed by atoms with Gasteiger partial charge in [-0.25, -0.2) is 9.37 Å². The lowest BCUT2D eigenvalue weighted by Crippen LogP contribution is -2.05. The summed E-state index contributed by atoms with van der Waals surface area (Å²) in [7, 11) is 0. The highest BCUT2D eigenvalue weighted by atomic mass is 35.5. The SMILES string of the molecule is C=CCn1c(C2CC2)nc(-c2cc(F)cc(Cl)c2)c1N. The van der Waals surface area contributed by atoms with Crippen LogP contribution in [0.25, 0.3) is 11.3 Å². The molecule has 0 aliphatic heterocycles. The quantitative estimate of drug-likeness (QED) is 0.866. The summed E-state index contributed by atoms with van der Waals surface area (Å²) in [5.41, 5.74) is 7.38. The van der Waals surface area contributed by atoms with Crippen molar-refractivity contribution in [2.75, 3.05) is 5.73 Å². The van der Waals surface area contributed by atoms with E-state index in [0.29, 0.717) is 34.6 Å². The van der Waals surface area contributed by atoms with Crippen LogP contribution in [0.3, 0.4) is 0 Å². The number of aromatic nitrogens is 2. The monoisotopic (exact) mass is 291 g/mol. The molecule has 1 fully saturated rings.